The van der Waals surface area contributed by atoms with E-state index in [-0.39, 0.29) is 0 Å². The van der Waals surface area contributed by atoms with Gasteiger partial charge in [0.2, 0.25) is 0 Å². The second-order valence-corrected chi connectivity index (χ2v) is 3.57. The van der Waals surface area contributed by atoms with Crippen molar-refractivity contribution in [3.05, 3.63) is 0 Å². The fourth-order valence-corrected chi connectivity index (χ4v) is 0.341. The molecule has 0 aliphatic heterocycles. The van der Waals surface area contributed by atoms with Crippen LogP contribution in [0, 0.1) is 0 Å². The molecule has 0 atom stereocenters. The van der Waals surface area contributed by atoms with Gasteiger partial charge in [-0.25, -0.2) is 0 Å². The van der Waals surface area contributed by atoms with Crippen molar-refractivity contribution in [2.24, 2.45) is 4.99 Å². The van der Waals surface area contributed by atoms with Crippen molar-refractivity contribution in [3.63, 3.8) is 0 Å². The summed E-state index contributed by atoms with van der Waals surface area (Å²) in [6.45, 7) is 3.75. The molecule has 1 N–H and O–H groups in total. The van der Waals surface area contributed by atoms with Crippen LogP contribution in [0.1, 0.15) is 13.8 Å². The molecule has 0 amide bonds. The number of amidine groups is 1. The number of hydrogen-bond acceptors (Lipinski definition) is 2. The Balaban J connectivity index is 3.39. The van der Waals surface area contributed by atoms with Gasteiger partial charge in [0.05, 0.1) is 0 Å². The van der Waals surface area contributed by atoms with Gasteiger partial charge in [-0.15, -0.1) is 0 Å². The van der Waals surface area contributed by atoms with Crippen LogP contribution in [0.25, 0.3) is 0 Å². The van der Waals surface area contributed by atoms with Crippen molar-refractivity contribution >= 4 is 9.92 Å². The van der Waals surface area contributed by atoms with Crippen LogP contribution in [0.3, 0.4) is 0 Å². The molecule has 0 aromatic carbocycles. The van der Waals surface area contributed by atoms with Gasteiger partial charge in [0.25, 0.3) is 0 Å². The fourth-order valence-electron chi connectivity index (χ4n) is 0.191. The van der Waals surface area contributed by atoms with Gasteiger partial charge in [-0.05, 0) is 0 Å². The molecule has 4 heteroatoms. The number of nitrogens with one attached hydrogen (secondary N) is 1. The Morgan fingerprint density at radius 3 is 2.44 bits per heavy atom. The van der Waals surface area contributed by atoms with E-state index in [1.54, 1.807) is 7.05 Å². The van der Waals surface area contributed by atoms with Crippen LogP contribution in [0.2, 0.25) is 0 Å². The summed E-state index contributed by atoms with van der Waals surface area (Å²) in [6, 6.07) is 0. The Morgan fingerprint density at radius 2 is 2.11 bits per heavy atom. The van der Waals surface area contributed by atoms with Gasteiger partial charge in [0.15, 0.2) is 0 Å². The van der Waals surface area contributed by atoms with E-state index in [1.807, 2.05) is 13.8 Å². The molecule has 0 aromatic heterocycles. The molecule has 0 spiro atoms. The average molecular weight is 298 g/mol. The summed E-state index contributed by atoms with van der Waals surface area (Å²) in [5, 5.41) is 0. The zero-order valence-corrected chi connectivity index (χ0v) is 8.70. The van der Waals surface area contributed by atoms with Crippen LogP contribution in [0.4, 0.5) is 0 Å². The molecule has 0 saturated carbocycles. The van der Waals surface area contributed by atoms with Gasteiger partial charge in [-0.2, -0.15) is 0 Å². The minimum absolute atomic E-state index is 0.788. The Labute approximate surface area is 65.9 Å². The normalized spacial score (nSPS) is 11.2. The number of nitrogens with zero attached hydrogens (tertiary/aromatic N) is 1. The molecule has 0 rings (SSSR count). The van der Waals surface area contributed by atoms with E-state index in [2.05, 4.69) is 10.5 Å². The zero-order valence-electron chi connectivity index (χ0n) is 5.76. The van der Waals surface area contributed by atoms with Gasteiger partial charge >= 0.3 is 65.5 Å². The maximum atomic E-state index is 4.97. The van der Waals surface area contributed by atoms with E-state index in [4.69, 9.17) is 4.84 Å². The molecule has 0 aromatic rings. The van der Waals surface area contributed by atoms with Crippen molar-refractivity contribution in [1.29, 1.82) is 0 Å². The van der Waals surface area contributed by atoms with Crippen molar-refractivity contribution in [1.82, 2.24) is 5.48 Å². The number of rotatable bonds is 2. The third kappa shape index (κ3) is 5.87. The first-order chi connectivity index (χ1) is 4.16. The summed E-state index contributed by atoms with van der Waals surface area (Å²) >= 11 is 1.32. The summed E-state index contributed by atoms with van der Waals surface area (Å²) < 4.78 is 0.956. The van der Waals surface area contributed by atoms with Gasteiger partial charge in [0.1, 0.15) is 0 Å². The Hall–Kier alpha value is -0.0117. The molecule has 0 radical (unpaired) electrons. The molecule has 0 fully saturated rings. The fraction of sp³-hybridized carbons (Fsp3) is 0.600. The Bertz CT molecular complexity index is 133. The topological polar surface area (TPSA) is 33.6 Å². The molecule has 0 bridgehead atoms. The van der Waals surface area contributed by atoms with Crippen LogP contribution in [-0.2, 0) is 24.2 Å². The first-order valence-corrected chi connectivity index (χ1v) is 4.00. The van der Waals surface area contributed by atoms with E-state index in [0.717, 1.165) is 9.92 Å². The van der Waals surface area contributed by atoms with E-state index < -0.39 is 0 Å². The standard InChI is InChI=1S/C5H10N2O.W/c1-4-8-7-5(2)6-3;/h1-3H3,(H,6,7);. The zero-order chi connectivity index (χ0) is 7.28. The SMILES string of the molecule is CN=C(C)NO[C](C)=[W]. The molecule has 0 unspecified atom stereocenters. The number of hydrogen-bond donors (Lipinski definition) is 1. The van der Waals surface area contributed by atoms with Crippen LogP contribution < -0.4 is 5.48 Å². The quantitative estimate of drug-likeness (QED) is 0.450. The predicted octanol–water partition coefficient (Wildman–Crippen LogP) is 0.252. The summed E-state index contributed by atoms with van der Waals surface area (Å²) in [4.78, 5) is 8.80. The van der Waals surface area contributed by atoms with Gasteiger partial charge in [-0.3, -0.25) is 0 Å². The molecule has 9 heavy (non-hydrogen) atoms. The van der Waals surface area contributed by atoms with Crippen molar-refractivity contribution < 1.29 is 24.2 Å². The molecule has 52 valence electrons. The molecule has 0 aliphatic carbocycles. The van der Waals surface area contributed by atoms with E-state index in [0.29, 0.717) is 0 Å². The predicted molar refractivity (Wildman–Crippen MR) is 33.9 cm³/mol. The van der Waals surface area contributed by atoms with Crippen LogP contribution in [0.5, 0.6) is 0 Å². The third-order valence-electron chi connectivity index (χ3n) is 0.678. The van der Waals surface area contributed by atoms with Gasteiger partial charge < -0.3 is 0 Å². The van der Waals surface area contributed by atoms with Crippen molar-refractivity contribution in [2.75, 3.05) is 7.05 Å². The van der Waals surface area contributed by atoms with E-state index in [1.165, 1.54) is 19.4 Å². The summed E-state index contributed by atoms with van der Waals surface area (Å²) in [5.41, 5.74) is 2.67. The average Bonchev–Trinajstić information content (AvgIpc) is 1.83. The molecular weight excluding hydrogens is 288 g/mol. The van der Waals surface area contributed by atoms with E-state index >= 15 is 0 Å². The molecule has 3 nitrogen and oxygen atoms in total. The third-order valence-corrected chi connectivity index (χ3v) is 0.977. The Morgan fingerprint density at radius 1 is 1.56 bits per heavy atom. The van der Waals surface area contributed by atoms with Crippen LogP contribution in [0.15, 0.2) is 4.99 Å². The first-order valence-electron chi connectivity index (χ1n) is 2.53. The van der Waals surface area contributed by atoms with E-state index in [9.17, 15) is 0 Å². The van der Waals surface area contributed by atoms with Gasteiger partial charge in [0, 0.05) is 0 Å². The van der Waals surface area contributed by atoms with Crippen LogP contribution >= 0.6 is 0 Å². The van der Waals surface area contributed by atoms with Gasteiger partial charge in [-0.1, -0.05) is 0 Å². The molecule has 0 saturated heterocycles. The molecule has 0 aliphatic rings. The maximum absolute atomic E-state index is 4.97. The molecule has 0 heterocycles. The monoisotopic (exact) mass is 298 g/mol. The Kier molecular flexibility index (Phi) is 4.82. The second-order valence-electron chi connectivity index (χ2n) is 1.50. The molecular formula is C5H10N2OW. The summed E-state index contributed by atoms with van der Waals surface area (Å²) in [6.07, 6.45) is 0. The van der Waals surface area contributed by atoms with Crippen molar-refractivity contribution in [3.8, 4) is 0 Å². The minimum atomic E-state index is 0.788. The van der Waals surface area contributed by atoms with Crippen molar-refractivity contribution in [2.45, 2.75) is 13.8 Å². The number of hydroxylamine groups is 1. The number of aliphatic imine (C=N–C) groups is 1. The summed E-state index contributed by atoms with van der Waals surface area (Å²) in [7, 11) is 1.71. The van der Waals surface area contributed by atoms with Crippen LogP contribution in [-0.4, -0.2) is 17.0 Å². The first kappa shape index (κ1) is 8.99. The summed E-state index contributed by atoms with van der Waals surface area (Å²) in [5.74, 6) is 0.788. The second kappa shape index (κ2) is 4.83.